The molecule has 0 spiro atoms. The lowest BCUT2D eigenvalue weighted by Gasteiger charge is -2.22. The maximum absolute atomic E-state index is 12.5. The van der Waals surface area contributed by atoms with Gasteiger partial charge in [-0.2, -0.15) is 10.1 Å². The Bertz CT molecular complexity index is 695. The van der Waals surface area contributed by atoms with Gasteiger partial charge in [-0.1, -0.05) is 0 Å². The fourth-order valence-electron chi connectivity index (χ4n) is 2.52. The summed E-state index contributed by atoms with van der Waals surface area (Å²) in [4.78, 5) is 33.1. The van der Waals surface area contributed by atoms with E-state index < -0.39 is 12.0 Å². The highest BCUT2D eigenvalue weighted by atomic mass is 16.4. The molecule has 1 fully saturated rings. The highest BCUT2D eigenvalue weighted by Crippen LogP contribution is 2.21. The van der Waals surface area contributed by atoms with Crippen molar-refractivity contribution in [2.45, 2.75) is 25.8 Å². The fourth-order valence-corrected chi connectivity index (χ4v) is 2.52. The summed E-state index contributed by atoms with van der Waals surface area (Å²) in [6.07, 6.45) is 3.97. The van der Waals surface area contributed by atoms with Crippen molar-refractivity contribution in [1.82, 2.24) is 24.5 Å². The average molecular weight is 275 g/mol. The fraction of sp³-hybridized carbons (Fsp3) is 0.417. The van der Waals surface area contributed by atoms with Crippen LogP contribution in [0.4, 0.5) is 0 Å². The molecule has 8 heteroatoms. The first kappa shape index (κ1) is 12.5. The van der Waals surface area contributed by atoms with Crippen LogP contribution in [0, 0.1) is 6.92 Å². The van der Waals surface area contributed by atoms with Crippen LogP contribution < -0.4 is 0 Å². The van der Waals surface area contributed by atoms with Crippen LogP contribution in [-0.2, 0) is 4.79 Å². The Morgan fingerprint density at radius 2 is 2.20 bits per heavy atom. The first-order chi connectivity index (χ1) is 9.59. The van der Waals surface area contributed by atoms with Crippen molar-refractivity contribution in [1.29, 1.82) is 0 Å². The van der Waals surface area contributed by atoms with Gasteiger partial charge in [0.05, 0.1) is 11.3 Å². The molecule has 2 aromatic rings. The minimum Gasteiger partial charge on any atom is -0.480 e. The highest BCUT2D eigenvalue weighted by molar-refractivity contribution is 5.97. The van der Waals surface area contributed by atoms with Gasteiger partial charge in [0, 0.05) is 12.7 Å². The second kappa shape index (κ2) is 4.55. The Morgan fingerprint density at radius 3 is 2.95 bits per heavy atom. The van der Waals surface area contributed by atoms with E-state index in [4.69, 9.17) is 5.11 Å². The minimum absolute atomic E-state index is 0.322. The molecular weight excluding hydrogens is 262 g/mol. The number of aliphatic carboxylic acids is 1. The Hall–Kier alpha value is -2.51. The molecule has 8 nitrogen and oxygen atoms in total. The monoisotopic (exact) mass is 275 g/mol. The van der Waals surface area contributed by atoms with Crippen molar-refractivity contribution in [2.24, 2.45) is 0 Å². The number of fused-ring (bicyclic) bond motifs is 1. The Kier molecular flexibility index (Phi) is 2.85. The summed E-state index contributed by atoms with van der Waals surface area (Å²) in [5.74, 6) is -0.879. The van der Waals surface area contributed by atoms with E-state index in [0.29, 0.717) is 36.4 Å². The number of hydrogen-bond donors (Lipinski definition) is 1. The summed E-state index contributed by atoms with van der Waals surface area (Å²) in [6, 6.07) is -0.756. The third kappa shape index (κ3) is 1.80. The average Bonchev–Trinajstić information content (AvgIpc) is 3.07. The first-order valence-corrected chi connectivity index (χ1v) is 6.28. The third-order valence-corrected chi connectivity index (χ3v) is 3.58. The number of carboxylic acid groups (broad SMARTS) is 1. The largest absolute Gasteiger partial charge is 0.480 e. The number of aryl methyl sites for hydroxylation is 1. The molecule has 20 heavy (non-hydrogen) atoms. The van der Waals surface area contributed by atoms with Gasteiger partial charge in [0.1, 0.15) is 12.4 Å². The zero-order valence-corrected chi connectivity index (χ0v) is 10.9. The van der Waals surface area contributed by atoms with Gasteiger partial charge in [-0.3, -0.25) is 4.79 Å². The predicted octanol–water partition coefficient (Wildman–Crippen LogP) is 0.122. The molecule has 2 aromatic heterocycles. The number of likely N-dealkylation sites (tertiary alicyclic amines) is 1. The first-order valence-electron chi connectivity index (χ1n) is 6.28. The van der Waals surface area contributed by atoms with Crippen LogP contribution in [0.25, 0.3) is 5.78 Å². The van der Waals surface area contributed by atoms with Crippen molar-refractivity contribution in [3.63, 3.8) is 0 Å². The molecule has 0 aromatic carbocycles. The molecule has 0 unspecified atom stereocenters. The van der Waals surface area contributed by atoms with Gasteiger partial charge in [0.25, 0.3) is 11.7 Å². The number of rotatable bonds is 2. The van der Waals surface area contributed by atoms with E-state index in [1.54, 1.807) is 6.92 Å². The van der Waals surface area contributed by atoms with Crippen LogP contribution in [0.3, 0.4) is 0 Å². The van der Waals surface area contributed by atoms with Gasteiger partial charge in [0.15, 0.2) is 0 Å². The van der Waals surface area contributed by atoms with Crippen LogP contribution in [0.5, 0.6) is 0 Å². The van der Waals surface area contributed by atoms with Crippen molar-refractivity contribution in [2.75, 3.05) is 6.54 Å². The molecule has 1 amide bonds. The van der Waals surface area contributed by atoms with Gasteiger partial charge in [-0.25, -0.2) is 14.3 Å². The van der Waals surface area contributed by atoms with Crippen LogP contribution >= 0.6 is 0 Å². The number of aromatic nitrogens is 4. The van der Waals surface area contributed by atoms with E-state index in [2.05, 4.69) is 15.1 Å². The lowest BCUT2D eigenvalue weighted by molar-refractivity contribution is -0.141. The SMILES string of the molecule is Cc1c(C(=O)N2CCC[C@H]2C(=O)O)cnc2ncnn12. The van der Waals surface area contributed by atoms with Gasteiger partial charge in [-0.05, 0) is 19.8 Å². The number of hydrogen-bond acceptors (Lipinski definition) is 5. The summed E-state index contributed by atoms with van der Waals surface area (Å²) in [7, 11) is 0. The molecule has 0 saturated carbocycles. The summed E-state index contributed by atoms with van der Waals surface area (Å²) in [5.41, 5.74) is 0.963. The van der Waals surface area contributed by atoms with E-state index in [0.717, 1.165) is 0 Å². The van der Waals surface area contributed by atoms with Crippen LogP contribution in [-0.4, -0.2) is 54.1 Å². The molecule has 1 N–H and O–H groups in total. The zero-order chi connectivity index (χ0) is 14.3. The van der Waals surface area contributed by atoms with E-state index in [1.165, 1.54) is 21.9 Å². The molecule has 104 valence electrons. The third-order valence-electron chi connectivity index (χ3n) is 3.58. The van der Waals surface area contributed by atoms with Crippen LogP contribution in [0.1, 0.15) is 28.9 Å². The minimum atomic E-state index is -0.969. The molecule has 0 bridgehead atoms. The summed E-state index contributed by atoms with van der Waals surface area (Å²) >= 11 is 0. The lowest BCUT2D eigenvalue weighted by atomic mass is 10.2. The molecule has 1 saturated heterocycles. The number of carbonyl (C=O) groups excluding carboxylic acids is 1. The highest BCUT2D eigenvalue weighted by Gasteiger charge is 2.35. The molecule has 1 aliphatic rings. The zero-order valence-electron chi connectivity index (χ0n) is 10.9. The topological polar surface area (TPSA) is 101 Å². The second-order valence-corrected chi connectivity index (χ2v) is 4.72. The maximum atomic E-state index is 12.5. The van der Waals surface area contributed by atoms with Gasteiger partial charge in [-0.15, -0.1) is 0 Å². The molecule has 0 aliphatic carbocycles. The Morgan fingerprint density at radius 1 is 1.40 bits per heavy atom. The molecule has 1 atom stereocenters. The summed E-state index contributed by atoms with van der Waals surface area (Å²) < 4.78 is 1.47. The maximum Gasteiger partial charge on any atom is 0.326 e. The standard InChI is InChI=1S/C12H13N5O3/c1-7-8(5-13-12-14-6-15-17(7)12)10(18)16-4-2-3-9(16)11(19)20/h5-6,9H,2-4H2,1H3,(H,19,20)/t9-/m0/s1. The normalized spacial score (nSPS) is 18.6. The summed E-state index contributed by atoms with van der Waals surface area (Å²) in [6.45, 7) is 2.19. The summed E-state index contributed by atoms with van der Waals surface area (Å²) in [5, 5.41) is 13.1. The van der Waals surface area contributed by atoms with E-state index in [9.17, 15) is 9.59 Å². The van der Waals surface area contributed by atoms with E-state index in [1.807, 2.05) is 0 Å². The van der Waals surface area contributed by atoms with Gasteiger partial charge >= 0.3 is 5.97 Å². The predicted molar refractivity (Wildman–Crippen MR) is 67.2 cm³/mol. The smallest absolute Gasteiger partial charge is 0.326 e. The van der Waals surface area contributed by atoms with Crippen molar-refractivity contribution in [3.8, 4) is 0 Å². The van der Waals surface area contributed by atoms with Crippen LogP contribution in [0.15, 0.2) is 12.5 Å². The van der Waals surface area contributed by atoms with Gasteiger partial charge < -0.3 is 10.0 Å². The van der Waals surface area contributed by atoms with E-state index in [-0.39, 0.29) is 5.91 Å². The molecule has 1 aliphatic heterocycles. The van der Waals surface area contributed by atoms with Crippen molar-refractivity contribution in [3.05, 3.63) is 23.8 Å². The van der Waals surface area contributed by atoms with Gasteiger partial charge in [0.2, 0.25) is 0 Å². The van der Waals surface area contributed by atoms with Crippen molar-refractivity contribution >= 4 is 17.7 Å². The van der Waals surface area contributed by atoms with Crippen molar-refractivity contribution < 1.29 is 14.7 Å². The molecule has 3 rings (SSSR count). The number of nitrogens with zero attached hydrogens (tertiary/aromatic N) is 5. The number of carboxylic acids is 1. The number of amides is 1. The van der Waals surface area contributed by atoms with E-state index >= 15 is 0 Å². The molecule has 3 heterocycles. The quantitative estimate of drug-likeness (QED) is 0.835. The van der Waals surface area contributed by atoms with Crippen LogP contribution in [0.2, 0.25) is 0 Å². The Balaban J connectivity index is 2.00. The molecular formula is C12H13N5O3. The second-order valence-electron chi connectivity index (χ2n) is 4.72. The number of carbonyl (C=O) groups is 2. The lowest BCUT2D eigenvalue weighted by Crippen LogP contribution is -2.40. The Labute approximate surface area is 114 Å². The molecule has 0 radical (unpaired) electrons.